The molecule has 0 bridgehead atoms. The van der Waals surface area contributed by atoms with Crippen molar-refractivity contribution in [1.82, 2.24) is 0 Å². The number of anilines is 1. The van der Waals surface area contributed by atoms with E-state index in [1.54, 1.807) is 18.2 Å². The fraction of sp³-hybridized carbons (Fsp3) is 0.417. The monoisotopic (exact) mass is 236 g/mol. The van der Waals surface area contributed by atoms with Crippen LogP contribution in [0.3, 0.4) is 0 Å². The lowest BCUT2D eigenvalue weighted by Gasteiger charge is -2.18. The molecule has 16 heavy (non-hydrogen) atoms. The Hall–Kier alpha value is -1.24. The summed E-state index contributed by atoms with van der Waals surface area (Å²) in [6, 6.07) is 7.59. The molecule has 1 aromatic carbocycles. The van der Waals surface area contributed by atoms with Crippen molar-refractivity contribution in [2.75, 3.05) is 11.9 Å². The summed E-state index contributed by atoms with van der Waals surface area (Å²) in [7, 11) is 0. The molecule has 0 amide bonds. The Labute approximate surface area is 100.0 Å². The zero-order chi connectivity index (χ0) is 11.5. The summed E-state index contributed by atoms with van der Waals surface area (Å²) in [4.78, 5) is 0. The number of ether oxygens (including phenoxy) is 1. The predicted octanol–water partition coefficient (Wildman–Crippen LogP) is 2.80. The topological polar surface area (TPSA) is 45.0 Å². The average molecular weight is 237 g/mol. The van der Waals surface area contributed by atoms with Gasteiger partial charge in [-0.15, -0.1) is 0 Å². The van der Waals surface area contributed by atoms with Gasteiger partial charge in [-0.05, 0) is 31.5 Å². The van der Waals surface area contributed by atoms with Gasteiger partial charge in [-0.25, -0.2) is 0 Å². The van der Waals surface area contributed by atoms with Crippen LogP contribution in [0, 0.1) is 11.3 Å². The Morgan fingerprint density at radius 1 is 1.56 bits per heavy atom. The van der Waals surface area contributed by atoms with Crippen LogP contribution in [-0.4, -0.2) is 18.8 Å². The highest BCUT2D eigenvalue weighted by molar-refractivity contribution is 6.33. The molecule has 1 heterocycles. The number of hydrogen-bond donors (Lipinski definition) is 1. The van der Waals surface area contributed by atoms with Crippen LogP contribution in [0.2, 0.25) is 5.02 Å². The van der Waals surface area contributed by atoms with Crippen molar-refractivity contribution in [3.05, 3.63) is 28.8 Å². The third-order valence-electron chi connectivity index (χ3n) is 2.81. The van der Waals surface area contributed by atoms with Gasteiger partial charge in [0.25, 0.3) is 0 Å². The first kappa shape index (κ1) is 11.3. The summed E-state index contributed by atoms with van der Waals surface area (Å²) >= 11 is 6.07. The van der Waals surface area contributed by atoms with Gasteiger partial charge in [-0.1, -0.05) is 11.6 Å². The van der Waals surface area contributed by atoms with E-state index in [1.807, 2.05) is 6.92 Å². The molecule has 0 aromatic heterocycles. The Balaban J connectivity index is 2.17. The number of nitriles is 1. The summed E-state index contributed by atoms with van der Waals surface area (Å²) in [6.07, 6.45) is 1.15. The number of rotatable bonds is 2. The quantitative estimate of drug-likeness (QED) is 0.859. The maximum atomic E-state index is 8.82. The van der Waals surface area contributed by atoms with Crippen LogP contribution in [0.1, 0.15) is 18.9 Å². The molecular formula is C12H13ClN2O. The lowest BCUT2D eigenvalue weighted by Crippen LogP contribution is -2.26. The highest BCUT2D eigenvalue weighted by Gasteiger charge is 2.24. The van der Waals surface area contributed by atoms with Crippen LogP contribution < -0.4 is 5.32 Å². The van der Waals surface area contributed by atoms with Gasteiger partial charge in [0, 0.05) is 6.61 Å². The molecule has 2 unspecified atom stereocenters. The second-order valence-electron chi connectivity index (χ2n) is 3.92. The molecule has 0 radical (unpaired) electrons. The van der Waals surface area contributed by atoms with Gasteiger partial charge >= 0.3 is 0 Å². The fourth-order valence-corrected chi connectivity index (χ4v) is 2.00. The standard InChI is InChI=1S/C12H13ClN2O/c1-8-11(4-5-16-8)15-12-6-9(7-14)2-3-10(12)13/h2-3,6,8,11,15H,4-5H2,1H3. The van der Waals surface area contributed by atoms with E-state index in [-0.39, 0.29) is 12.1 Å². The number of benzene rings is 1. The van der Waals surface area contributed by atoms with E-state index >= 15 is 0 Å². The molecule has 1 saturated heterocycles. The summed E-state index contributed by atoms with van der Waals surface area (Å²) in [6.45, 7) is 2.81. The second kappa shape index (κ2) is 4.73. The maximum absolute atomic E-state index is 8.82. The molecule has 0 spiro atoms. The molecule has 1 aliphatic heterocycles. The van der Waals surface area contributed by atoms with Gasteiger partial charge in [-0.3, -0.25) is 0 Å². The van der Waals surface area contributed by atoms with Crippen molar-refractivity contribution in [3.63, 3.8) is 0 Å². The Morgan fingerprint density at radius 3 is 3.00 bits per heavy atom. The van der Waals surface area contributed by atoms with Gasteiger partial charge in [0.05, 0.1) is 34.5 Å². The van der Waals surface area contributed by atoms with Gasteiger partial charge in [0.1, 0.15) is 0 Å². The molecule has 2 atom stereocenters. The maximum Gasteiger partial charge on any atom is 0.0992 e. The van der Waals surface area contributed by atoms with Crippen molar-refractivity contribution in [3.8, 4) is 6.07 Å². The first-order valence-corrected chi connectivity index (χ1v) is 5.66. The van der Waals surface area contributed by atoms with Crippen molar-refractivity contribution in [2.24, 2.45) is 0 Å². The summed E-state index contributed by atoms with van der Waals surface area (Å²) in [5, 5.41) is 12.8. The normalized spacial score (nSPS) is 24.1. The molecule has 0 aliphatic carbocycles. The van der Waals surface area contributed by atoms with E-state index in [9.17, 15) is 0 Å². The number of nitrogens with zero attached hydrogens (tertiary/aromatic N) is 1. The number of nitrogens with one attached hydrogen (secondary N) is 1. The van der Waals surface area contributed by atoms with Crippen LogP contribution in [-0.2, 0) is 4.74 Å². The van der Waals surface area contributed by atoms with E-state index in [4.69, 9.17) is 21.6 Å². The molecule has 1 aromatic rings. The third kappa shape index (κ3) is 2.29. The van der Waals surface area contributed by atoms with Crippen LogP contribution in [0.4, 0.5) is 5.69 Å². The van der Waals surface area contributed by atoms with E-state index in [2.05, 4.69) is 11.4 Å². The van der Waals surface area contributed by atoms with E-state index in [0.717, 1.165) is 18.7 Å². The SMILES string of the molecule is CC1OCCC1Nc1cc(C#N)ccc1Cl. The van der Waals surface area contributed by atoms with Crippen molar-refractivity contribution < 1.29 is 4.74 Å². The van der Waals surface area contributed by atoms with Crippen molar-refractivity contribution >= 4 is 17.3 Å². The molecular weight excluding hydrogens is 224 g/mol. The minimum absolute atomic E-state index is 0.182. The Bertz CT molecular complexity index is 428. The second-order valence-corrected chi connectivity index (χ2v) is 4.33. The average Bonchev–Trinajstić information content (AvgIpc) is 2.68. The third-order valence-corrected chi connectivity index (χ3v) is 3.14. The minimum Gasteiger partial charge on any atom is -0.378 e. The van der Waals surface area contributed by atoms with E-state index < -0.39 is 0 Å². The number of hydrogen-bond acceptors (Lipinski definition) is 3. The summed E-state index contributed by atoms with van der Waals surface area (Å²) in [5.41, 5.74) is 1.42. The highest BCUT2D eigenvalue weighted by Crippen LogP contribution is 2.26. The van der Waals surface area contributed by atoms with Gasteiger partial charge < -0.3 is 10.1 Å². The Kier molecular flexibility index (Phi) is 3.33. The molecule has 4 heteroatoms. The molecule has 2 rings (SSSR count). The largest absolute Gasteiger partial charge is 0.378 e. The van der Waals surface area contributed by atoms with Crippen LogP contribution in [0.25, 0.3) is 0 Å². The first-order chi connectivity index (χ1) is 7.70. The Morgan fingerprint density at radius 2 is 2.38 bits per heavy atom. The highest BCUT2D eigenvalue weighted by atomic mass is 35.5. The van der Waals surface area contributed by atoms with Gasteiger partial charge in [0.2, 0.25) is 0 Å². The molecule has 84 valence electrons. The fourth-order valence-electron chi connectivity index (χ4n) is 1.83. The summed E-state index contributed by atoms with van der Waals surface area (Å²) < 4.78 is 5.46. The molecule has 0 saturated carbocycles. The van der Waals surface area contributed by atoms with Gasteiger partial charge in [-0.2, -0.15) is 5.26 Å². The van der Waals surface area contributed by atoms with Crippen molar-refractivity contribution in [1.29, 1.82) is 5.26 Å². The van der Waals surface area contributed by atoms with Crippen molar-refractivity contribution in [2.45, 2.75) is 25.5 Å². The minimum atomic E-state index is 0.182. The lowest BCUT2D eigenvalue weighted by molar-refractivity contribution is 0.121. The van der Waals surface area contributed by atoms with E-state index in [1.165, 1.54) is 0 Å². The predicted molar refractivity (Wildman–Crippen MR) is 63.6 cm³/mol. The molecule has 1 fully saturated rings. The summed E-state index contributed by atoms with van der Waals surface area (Å²) in [5.74, 6) is 0. The smallest absolute Gasteiger partial charge is 0.0992 e. The zero-order valence-corrected chi connectivity index (χ0v) is 9.79. The number of halogens is 1. The van der Waals surface area contributed by atoms with E-state index in [0.29, 0.717) is 10.6 Å². The molecule has 1 aliphatic rings. The van der Waals surface area contributed by atoms with Gasteiger partial charge in [0.15, 0.2) is 0 Å². The van der Waals surface area contributed by atoms with Crippen LogP contribution in [0.5, 0.6) is 0 Å². The lowest BCUT2D eigenvalue weighted by atomic mass is 10.1. The molecule has 1 N–H and O–H groups in total. The van der Waals surface area contributed by atoms with Crippen LogP contribution >= 0.6 is 11.6 Å². The first-order valence-electron chi connectivity index (χ1n) is 5.28. The van der Waals surface area contributed by atoms with Crippen LogP contribution in [0.15, 0.2) is 18.2 Å². The zero-order valence-electron chi connectivity index (χ0n) is 9.03. The molecule has 3 nitrogen and oxygen atoms in total.